The predicted molar refractivity (Wildman–Crippen MR) is 227 cm³/mol. The average Bonchev–Trinajstić information content (AvgIpc) is 3.26. The van der Waals surface area contributed by atoms with E-state index in [1.165, 1.54) is 26.0 Å². The molecule has 1 aliphatic heterocycles. The van der Waals surface area contributed by atoms with Crippen LogP contribution in [0.15, 0.2) is 102 Å². The molecule has 3 aromatic carbocycles. The standard InChI is InChI=1S/C49H55NO14/c1-8-59-39(37(30-18-12-9-13-19-30)50-43(55)31-20-14-10-15-21-31)45(57)62-33-25-49(58)42(63-44(56)32-22-16-11-17-23-32)40-47(7,34(53)24-35-48(40,26-60-35)64-29(4)52)41(54)38(61-28(3)51)36(27(33)2)46(49,5)6/h9-23,33-35,37-40,42,53,58H,8,24-26H2,1-7H3,(H,50,55)/t33-,34-,35+,37+,38+,39-,40+,42+,47+,48+,49+/m0/s1. The van der Waals surface area contributed by atoms with Crippen molar-refractivity contribution < 1.29 is 67.4 Å². The Hall–Kier alpha value is -5.74. The number of hydrogen-bond acceptors (Lipinski definition) is 14. The predicted octanol–water partition coefficient (Wildman–Crippen LogP) is 4.78. The zero-order valence-corrected chi connectivity index (χ0v) is 36.9. The molecule has 3 aromatic rings. The molecule has 2 bridgehead atoms. The molecule has 0 spiro atoms. The summed E-state index contributed by atoms with van der Waals surface area (Å²) in [6, 6.07) is 24.0. The minimum atomic E-state index is -2.35. The van der Waals surface area contributed by atoms with Crippen LogP contribution in [0.25, 0.3) is 0 Å². The molecule has 0 aromatic heterocycles. The van der Waals surface area contributed by atoms with E-state index >= 15 is 4.79 Å². The number of carbonyl (C=O) groups is 6. The lowest BCUT2D eigenvalue weighted by atomic mass is 9.44. The van der Waals surface area contributed by atoms with Crippen LogP contribution in [0.3, 0.4) is 0 Å². The van der Waals surface area contributed by atoms with Gasteiger partial charge < -0.3 is 44.0 Å². The number of ketones is 1. The Morgan fingerprint density at radius 1 is 0.844 bits per heavy atom. The Bertz CT molecular complexity index is 2320. The maximum Gasteiger partial charge on any atom is 0.338 e. The Morgan fingerprint density at radius 3 is 1.98 bits per heavy atom. The number of fused-ring (bicyclic) bond motifs is 5. The third-order valence-corrected chi connectivity index (χ3v) is 13.8. The van der Waals surface area contributed by atoms with Gasteiger partial charge in [0.15, 0.2) is 23.6 Å². The van der Waals surface area contributed by atoms with Crippen LogP contribution >= 0.6 is 0 Å². The maximum absolute atomic E-state index is 15.6. The second-order valence-electron chi connectivity index (χ2n) is 17.8. The zero-order valence-electron chi connectivity index (χ0n) is 36.9. The van der Waals surface area contributed by atoms with Crippen LogP contribution in [-0.4, -0.2) is 107 Å². The van der Waals surface area contributed by atoms with Crippen molar-refractivity contribution >= 4 is 35.6 Å². The molecule has 3 N–H and O–H groups in total. The van der Waals surface area contributed by atoms with E-state index in [9.17, 15) is 34.2 Å². The number of nitrogens with one attached hydrogen (secondary N) is 1. The molecule has 0 radical (unpaired) electrons. The second-order valence-corrected chi connectivity index (χ2v) is 17.8. The Kier molecular flexibility index (Phi) is 12.8. The Balaban J connectivity index is 1.41. The molecule has 15 nitrogen and oxygen atoms in total. The molecular weight excluding hydrogens is 827 g/mol. The van der Waals surface area contributed by atoms with Gasteiger partial charge in [-0.15, -0.1) is 0 Å². The minimum absolute atomic E-state index is 0.0105. The maximum atomic E-state index is 15.6. The SMILES string of the molecule is CCO[C@H](C(=O)O[C@H]1C[C@@]2(O)[C@H](OC(=O)c3ccccc3)[C@H]3[C@@]4(OC(C)=O)CO[C@@H]4C[C@H](O)[C@@]3(C)C(=O)[C@H](OC(C)=O)C(=C1C)C2(C)C)[C@H](NC(=O)c1ccccc1)c1ccccc1. The van der Waals surface area contributed by atoms with E-state index in [0.717, 1.165) is 6.92 Å². The van der Waals surface area contributed by atoms with Gasteiger partial charge in [-0.3, -0.25) is 19.2 Å². The van der Waals surface area contributed by atoms with Crippen molar-refractivity contribution in [2.45, 2.75) is 115 Å². The summed E-state index contributed by atoms with van der Waals surface area (Å²) < 4.78 is 36.8. The summed E-state index contributed by atoms with van der Waals surface area (Å²) >= 11 is 0. The van der Waals surface area contributed by atoms with Gasteiger partial charge in [0.1, 0.15) is 23.9 Å². The van der Waals surface area contributed by atoms with Gasteiger partial charge >= 0.3 is 23.9 Å². The first-order valence-electron chi connectivity index (χ1n) is 21.4. The van der Waals surface area contributed by atoms with Crippen molar-refractivity contribution in [3.05, 3.63) is 119 Å². The monoisotopic (exact) mass is 881 g/mol. The molecule has 3 aliphatic carbocycles. The van der Waals surface area contributed by atoms with Crippen LogP contribution in [0.1, 0.15) is 93.6 Å². The van der Waals surface area contributed by atoms with E-state index in [-0.39, 0.29) is 36.3 Å². The van der Waals surface area contributed by atoms with E-state index in [0.29, 0.717) is 11.1 Å². The molecule has 3 fully saturated rings. The molecule has 7 rings (SSSR count). The minimum Gasteiger partial charge on any atom is -0.456 e. The van der Waals surface area contributed by atoms with Crippen LogP contribution in [0.2, 0.25) is 0 Å². The Morgan fingerprint density at radius 2 is 1.44 bits per heavy atom. The van der Waals surface area contributed by atoms with Gasteiger partial charge in [0.05, 0.1) is 35.6 Å². The lowest BCUT2D eigenvalue weighted by Crippen LogP contribution is -2.82. The van der Waals surface area contributed by atoms with Crippen LogP contribution in [-0.2, 0) is 47.6 Å². The lowest BCUT2D eigenvalue weighted by molar-refractivity contribution is -0.346. The zero-order chi connectivity index (χ0) is 46.4. The van der Waals surface area contributed by atoms with E-state index in [1.54, 1.807) is 107 Å². The number of Topliss-reactive ketones (excluding diaryl/α,β-unsaturated/α-hetero) is 1. The molecule has 11 atom stereocenters. The van der Waals surface area contributed by atoms with Crippen molar-refractivity contribution in [1.29, 1.82) is 0 Å². The molecule has 0 unspecified atom stereocenters. The van der Waals surface area contributed by atoms with Crippen LogP contribution in [0, 0.1) is 16.7 Å². The number of ether oxygens (including phenoxy) is 6. The van der Waals surface area contributed by atoms with E-state index in [4.69, 9.17) is 28.4 Å². The third kappa shape index (κ3) is 7.82. The molecule has 1 amide bonds. The van der Waals surface area contributed by atoms with Crippen molar-refractivity contribution in [3.8, 4) is 0 Å². The van der Waals surface area contributed by atoms with Gasteiger partial charge in [-0.05, 0) is 61.7 Å². The first-order valence-corrected chi connectivity index (χ1v) is 21.4. The van der Waals surface area contributed by atoms with Crippen molar-refractivity contribution in [1.82, 2.24) is 5.32 Å². The fraction of sp³-hybridized carbons (Fsp3) is 0.469. The molecule has 64 heavy (non-hydrogen) atoms. The lowest BCUT2D eigenvalue weighted by Gasteiger charge is -2.67. The molecule has 340 valence electrons. The first-order chi connectivity index (χ1) is 30.3. The number of benzene rings is 3. The van der Waals surface area contributed by atoms with Crippen molar-refractivity contribution in [2.75, 3.05) is 13.2 Å². The third-order valence-electron chi connectivity index (χ3n) is 13.8. The van der Waals surface area contributed by atoms with Gasteiger partial charge in [-0.1, -0.05) is 80.6 Å². The van der Waals surface area contributed by atoms with Gasteiger partial charge in [-0.2, -0.15) is 0 Å². The number of aliphatic hydroxyl groups excluding tert-OH is 1. The highest BCUT2D eigenvalue weighted by Gasteiger charge is 2.78. The summed E-state index contributed by atoms with van der Waals surface area (Å²) in [5, 5.41) is 28.9. The molecule has 2 saturated carbocycles. The van der Waals surface area contributed by atoms with E-state index < -0.39 is 113 Å². The summed E-state index contributed by atoms with van der Waals surface area (Å²) in [6.07, 6.45) is -9.70. The molecule has 15 heteroatoms. The summed E-state index contributed by atoms with van der Waals surface area (Å²) in [7, 11) is 0. The topological polar surface area (TPSA) is 210 Å². The van der Waals surface area contributed by atoms with Gasteiger partial charge in [0.2, 0.25) is 0 Å². The van der Waals surface area contributed by atoms with E-state index in [1.807, 2.05) is 0 Å². The first kappa shape index (κ1) is 46.3. The smallest absolute Gasteiger partial charge is 0.338 e. The fourth-order valence-electron chi connectivity index (χ4n) is 10.5. The number of hydrogen-bond donors (Lipinski definition) is 3. The van der Waals surface area contributed by atoms with Crippen molar-refractivity contribution in [3.63, 3.8) is 0 Å². The summed E-state index contributed by atoms with van der Waals surface area (Å²) in [5.74, 6) is -6.35. The Labute approximate surface area is 371 Å². The normalized spacial score (nSPS) is 31.2. The quantitative estimate of drug-likeness (QED) is 0.127. The average molecular weight is 882 g/mol. The number of rotatable bonds is 12. The highest BCUT2D eigenvalue weighted by atomic mass is 16.6. The fourth-order valence-corrected chi connectivity index (χ4v) is 10.5. The van der Waals surface area contributed by atoms with Crippen LogP contribution < -0.4 is 5.32 Å². The highest BCUT2D eigenvalue weighted by Crippen LogP contribution is 2.64. The summed E-state index contributed by atoms with van der Waals surface area (Å²) in [4.78, 5) is 84.6. The number of aliphatic hydroxyl groups is 2. The molecule has 4 aliphatic rings. The van der Waals surface area contributed by atoms with E-state index in [2.05, 4.69) is 5.32 Å². The number of carbonyl (C=O) groups excluding carboxylic acids is 6. The number of esters is 4. The van der Waals surface area contributed by atoms with Gasteiger partial charge in [-0.25, -0.2) is 9.59 Å². The van der Waals surface area contributed by atoms with Gasteiger partial charge in [0.25, 0.3) is 5.91 Å². The summed E-state index contributed by atoms with van der Waals surface area (Å²) in [5.41, 5.74) is -6.56. The largest absolute Gasteiger partial charge is 0.456 e. The highest BCUT2D eigenvalue weighted by molar-refractivity contribution is 5.96. The second kappa shape index (κ2) is 17.7. The number of amides is 1. The summed E-state index contributed by atoms with van der Waals surface area (Å²) in [6.45, 7) is 9.87. The van der Waals surface area contributed by atoms with Gasteiger partial charge in [0, 0.05) is 44.3 Å². The van der Waals surface area contributed by atoms with Crippen LogP contribution in [0.5, 0.6) is 0 Å². The van der Waals surface area contributed by atoms with Crippen LogP contribution in [0.4, 0.5) is 0 Å². The molecule has 1 saturated heterocycles. The van der Waals surface area contributed by atoms with Crippen molar-refractivity contribution in [2.24, 2.45) is 16.7 Å². The molecular formula is C49H55NO14. The molecule has 1 heterocycles.